The quantitative estimate of drug-likeness (QED) is 0.690. The van der Waals surface area contributed by atoms with E-state index < -0.39 is 0 Å². The third-order valence-corrected chi connectivity index (χ3v) is 4.64. The topological polar surface area (TPSA) is 90.5 Å². The van der Waals surface area contributed by atoms with Crippen LogP contribution in [-0.2, 0) is 11.3 Å². The van der Waals surface area contributed by atoms with Gasteiger partial charge in [0.1, 0.15) is 0 Å². The normalized spacial score (nSPS) is 23.0. The Morgan fingerprint density at radius 2 is 2.00 bits per heavy atom. The summed E-state index contributed by atoms with van der Waals surface area (Å²) in [7, 11) is 0. The Hall–Kier alpha value is -2.12. The molecular formula is C17H23ClN4O3. The van der Waals surface area contributed by atoms with Crippen molar-refractivity contribution in [1.29, 1.82) is 0 Å². The fourth-order valence-electron chi connectivity index (χ4n) is 2.99. The lowest BCUT2D eigenvalue weighted by Gasteiger charge is -2.30. The molecule has 2 saturated heterocycles. The van der Waals surface area contributed by atoms with Gasteiger partial charge in [-0.1, -0.05) is 19.1 Å². The van der Waals surface area contributed by atoms with Gasteiger partial charge in [0.25, 0.3) is 5.91 Å². The van der Waals surface area contributed by atoms with Gasteiger partial charge in [-0.3, -0.25) is 14.5 Å². The summed E-state index contributed by atoms with van der Waals surface area (Å²) in [5.41, 5.74) is 1.39. The van der Waals surface area contributed by atoms with Crippen LogP contribution in [-0.4, -0.2) is 48.4 Å². The zero-order valence-corrected chi connectivity index (χ0v) is 14.9. The number of nitrogens with zero attached hydrogens (tertiary/aromatic N) is 1. The molecule has 25 heavy (non-hydrogen) atoms. The number of carbonyl (C=O) groups excluding carboxylic acids is 3. The molecule has 0 spiro atoms. The van der Waals surface area contributed by atoms with E-state index in [2.05, 4.69) is 22.9 Å². The van der Waals surface area contributed by atoms with Crippen molar-refractivity contribution in [3.63, 3.8) is 0 Å². The van der Waals surface area contributed by atoms with Crippen LogP contribution < -0.4 is 16.0 Å². The Labute approximate surface area is 152 Å². The molecule has 1 aromatic carbocycles. The molecule has 2 unspecified atom stereocenters. The molecule has 2 aliphatic heterocycles. The molecular weight excluding hydrogens is 344 g/mol. The van der Waals surface area contributed by atoms with Gasteiger partial charge in [0.15, 0.2) is 0 Å². The van der Waals surface area contributed by atoms with Gasteiger partial charge in [0.2, 0.25) is 5.91 Å². The Balaban J connectivity index is 0.00000225. The second-order valence-electron chi connectivity index (χ2n) is 6.39. The van der Waals surface area contributed by atoms with E-state index in [0.29, 0.717) is 11.5 Å². The van der Waals surface area contributed by atoms with Crippen molar-refractivity contribution in [1.82, 2.24) is 20.9 Å². The van der Waals surface area contributed by atoms with Crippen LogP contribution in [0.1, 0.15) is 29.3 Å². The number of benzene rings is 1. The minimum atomic E-state index is -0.374. The standard InChI is InChI=1S/C17H22N4O3.ClH/c1-11-6-7-18-8-14(11)20-16(23)13-4-2-12(3-5-13)10-21-15(22)9-19-17(21)24;/h2-5,11,14,18H,6-10H2,1H3,(H,19,24)(H,20,23);1H. The number of amides is 4. The largest absolute Gasteiger partial charge is 0.348 e. The highest BCUT2D eigenvalue weighted by Gasteiger charge is 2.28. The first-order valence-corrected chi connectivity index (χ1v) is 8.23. The monoisotopic (exact) mass is 366 g/mol. The van der Waals surface area contributed by atoms with E-state index in [4.69, 9.17) is 0 Å². The van der Waals surface area contributed by atoms with Crippen LogP contribution in [0.15, 0.2) is 24.3 Å². The Morgan fingerprint density at radius 3 is 2.60 bits per heavy atom. The van der Waals surface area contributed by atoms with Crippen LogP contribution in [0, 0.1) is 5.92 Å². The fourth-order valence-corrected chi connectivity index (χ4v) is 2.99. The molecule has 0 aliphatic carbocycles. The molecule has 0 aromatic heterocycles. The average molecular weight is 367 g/mol. The summed E-state index contributed by atoms with van der Waals surface area (Å²) in [5.74, 6) is 0.117. The number of urea groups is 1. The van der Waals surface area contributed by atoms with Crippen molar-refractivity contribution < 1.29 is 14.4 Å². The van der Waals surface area contributed by atoms with Gasteiger partial charge >= 0.3 is 6.03 Å². The van der Waals surface area contributed by atoms with E-state index >= 15 is 0 Å². The lowest BCUT2D eigenvalue weighted by molar-refractivity contribution is -0.125. The van der Waals surface area contributed by atoms with Crippen molar-refractivity contribution in [2.24, 2.45) is 5.92 Å². The molecule has 7 nitrogen and oxygen atoms in total. The number of halogens is 1. The highest BCUT2D eigenvalue weighted by Crippen LogP contribution is 2.13. The highest BCUT2D eigenvalue weighted by molar-refractivity contribution is 6.01. The first kappa shape index (κ1) is 19.2. The Kier molecular flexibility index (Phi) is 6.39. The number of imide groups is 1. The summed E-state index contributed by atoms with van der Waals surface area (Å²) in [5, 5.41) is 8.84. The van der Waals surface area contributed by atoms with E-state index in [-0.39, 0.29) is 49.4 Å². The summed E-state index contributed by atoms with van der Waals surface area (Å²) >= 11 is 0. The molecule has 0 bridgehead atoms. The maximum atomic E-state index is 12.4. The lowest BCUT2D eigenvalue weighted by Crippen LogP contribution is -2.50. The third-order valence-electron chi connectivity index (χ3n) is 4.64. The van der Waals surface area contributed by atoms with Crippen LogP contribution in [0.3, 0.4) is 0 Å². The van der Waals surface area contributed by atoms with E-state index in [1.165, 1.54) is 4.90 Å². The molecule has 3 N–H and O–H groups in total. The van der Waals surface area contributed by atoms with Crippen LogP contribution in [0.5, 0.6) is 0 Å². The number of rotatable bonds is 4. The summed E-state index contributed by atoms with van der Waals surface area (Å²) < 4.78 is 0. The predicted octanol–water partition coefficient (Wildman–Crippen LogP) is 0.888. The number of hydrogen-bond acceptors (Lipinski definition) is 4. The minimum Gasteiger partial charge on any atom is -0.348 e. The van der Waals surface area contributed by atoms with Gasteiger partial charge in [-0.05, 0) is 36.6 Å². The molecule has 4 amide bonds. The molecule has 3 rings (SSSR count). The van der Waals surface area contributed by atoms with Crippen molar-refractivity contribution >= 4 is 30.3 Å². The molecule has 0 radical (unpaired) electrons. The zero-order chi connectivity index (χ0) is 17.1. The SMILES string of the molecule is CC1CCNCC1NC(=O)c1ccc(CN2C(=O)CNC2=O)cc1.Cl. The van der Waals surface area contributed by atoms with E-state index in [0.717, 1.165) is 25.1 Å². The molecule has 1 aromatic rings. The lowest BCUT2D eigenvalue weighted by atomic mass is 9.94. The van der Waals surface area contributed by atoms with Gasteiger partial charge in [0.05, 0.1) is 13.1 Å². The number of carbonyl (C=O) groups is 3. The predicted molar refractivity (Wildman–Crippen MR) is 95.5 cm³/mol. The summed E-state index contributed by atoms with van der Waals surface area (Å²) in [6.45, 7) is 4.19. The third kappa shape index (κ3) is 4.49. The Bertz CT molecular complexity index is 634. The maximum Gasteiger partial charge on any atom is 0.324 e. The second-order valence-corrected chi connectivity index (χ2v) is 6.39. The molecule has 8 heteroatoms. The number of piperidine rings is 1. The van der Waals surface area contributed by atoms with E-state index in [1.807, 2.05) is 0 Å². The van der Waals surface area contributed by atoms with Gasteiger partial charge in [0, 0.05) is 18.2 Å². The first-order valence-electron chi connectivity index (χ1n) is 8.23. The van der Waals surface area contributed by atoms with Gasteiger partial charge in [-0.15, -0.1) is 12.4 Å². The van der Waals surface area contributed by atoms with Crippen LogP contribution in [0.2, 0.25) is 0 Å². The molecule has 2 heterocycles. The summed E-state index contributed by atoms with van der Waals surface area (Å²) in [4.78, 5) is 36.7. The van der Waals surface area contributed by atoms with Crippen molar-refractivity contribution in [2.45, 2.75) is 25.9 Å². The molecule has 2 fully saturated rings. The summed E-state index contributed by atoms with van der Waals surface area (Å²) in [6.07, 6.45) is 1.05. The van der Waals surface area contributed by atoms with Crippen molar-refractivity contribution in [3.8, 4) is 0 Å². The molecule has 2 atom stereocenters. The number of hydrogen-bond donors (Lipinski definition) is 3. The molecule has 136 valence electrons. The van der Waals surface area contributed by atoms with Crippen LogP contribution >= 0.6 is 12.4 Å². The molecule has 2 aliphatic rings. The van der Waals surface area contributed by atoms with Gasteiger partial charge < -0.3 is 16.0 Å². The van der Waals surface area contributed by atoms with Gasteiger partial charge in [-0.2, -0.15) is 0 Å². The van der Waals surface area contributed by atoms with Crippen LogP contribution in [0.25, 0.3) is 0 Å². The highest BCUT2D eigenvalue weighted by atomic mass is 35.5. The number of nitrogens with one attached hydrogen (secondary N) is 3. The smallest absolute Gasteiger partial charge is 0.324 e. The minimum absolute atomic E-state index is 0. The molecule has 0 saturated carbocycles. The van der Waals surface area contributed by atoms with E-state index in [1.54, 1.807) is 24.3 Å². The van der Waals surface area contributed by atoms with E-state index in [9.17, 15) is 14.4 Å². The van der Waals surface area contributed by atoms with Crippen LogP contribution in [0.4, 0.5) is 4.79 Å². The van der Waals surface area contributed by atoms with Gasteiger partial charge in [-0.25, -0.2) is 4.79 Å². The Morgan fingerprint density at radius 1 is 1.28 bits per heavy atom. The van der Waals surface area contributed by atoms with Crippen molar-refractivity contribution in [3.05, 3.63) is 35.4 Å². The average Bonchev–Trinajstić information content (AvgIpc) is 2.89. The first-order chi connectivity index (χ1) is 11.5. The summed E-state index contributed by atoms with van der Waals surface area (Å²) in [6, 6.07) is 6.76. The fraction of sp³-hybridized carbons (Fsp3) is 0.471. The zero-order valence-electron chi connectivity index (χ0n) is 14.1. The van der Waals surface area contributed by atoms with Crippen molar-refractivity contribution in [2.75, 3.05) is 19.6 Å². The maximum absolute atomic E-state index is 12.4. The second kappa shape index (κ2) is 8.31.